The predicted molar refractivity (Wildman–Crippen MR) is 165 cm³/mol. The number of carboxylic acids is 2. The predicted octanol–water partition coefficient (Wildman–Crippen LogP) is 4.92. The molecule has 10 heteroatoms. The number of carbonyl (C=O) groups is 3. The zero-order chi connectivity index (χ0) is 32.6. The van der Waals surface area contributed by atoms with E-state index >= 15 is 0 Å². The molecule has 0 aliphatic carbocycles. The molecule has 0 aromatic heterocycles. The first-order valence-electron chi connectivity index (χ1n) is 14.0. The van der Waals surface area contributed by atoms with Gasteiger partial charge in [-0.05, 0) is 42.8 Å². The number of aliphatic hydroxyl groups is 4. The lowest BCUT2D eigenvalue weighted by Gasteiger charge is -2.04. The summed E-state index contributed by atoms with van der Waals surface area (Å²) in [4.78, 5) is 32.0. The Morgan fingerprint density at radius 1 is 0.512 bits per heavy atom. The molecule has 0 amide bonds. The van der Waals surface area contributed by atoms with Gasteiger partial charge in [0, 0.05) is 0 Å². The Hall–Kier alpha value is -4.09. The van der Waals surface area contributed by atoms with Crippen LogP contribution in [0, 0.1) is 0 Å². The third-order valence-corrected chi connectivity index (χ3v) is 4.98. The highest BCUT2D eigenvalue weighted by atomic mass is 16.5. The van der Waals surface area contributed by atoms with E-state index in [0.717, 1.165) is 12.8 Å². The van der Waals surface area contributed by atoms with E-state index in [1.165, 1.54) is 25.7 Å². The number of benzene rings is 3. The van der Waals surface area contributed by atoms with Crippen LogP contribution in [0.25, 0.3) is 0 Å². The van der Waals surface area contributed by atoms with Crippen molar-refractivity contribution >= 4 is 17.9 Å². The van der Waals surface area contributed by atoms with Gasteiger partial charge in [-0.25, -0.2) is 14.4 Å². The Balaban J connectivity index is 0. The molecule has 0 atom stereocenters. The molecule has 0 radical (unpaired) electrons. The molecule has 6 N–H and O–H groups in total. The normalized spacial score (nSPS) is 9.14. The fraction of sp³-hybridized carbons (Fsp3) is 0.364. The Morgan fingerprint density at radius 2 is 0.837 bits per heavy atom. The summed E-state index contributed by atoms with van der Waals surface area (Å²) in [5, 5.41) is 47.3. The topological polar surface area (TPSA) is 182 Å². The van der Waals surface area contributed by atoms with Crippen LogP contribution in [0.15, 0.2) is 91.0 Å². The number of unbranched alkanes of at least 4 members (excludes halogenated alkanes) is 5. The van der Waals surface area contributed by atoms with Gasteiger partial charge < -0.3 is 35.4 Å². The molecule has 0 fully saturated rings. The number of carbonyl (C=O) groups excluding carboxylic acids is 1. The van der Waals surface area contributed by atoms with Gasteiger partial charge in [-0.2, -0.15) is 0 Å². The number of ether oxygens (including phenoxy) is 1. The second-order valence-corrected chi connectivity index (χ2v) is 8.51. The van der Waals surface area contributed by atoms with Gasteiger partial charge in [-0.3, -0.25) is 0 Å². The highest BCUT2D eigenvalue weighted by molar-refractivity contribution is 5.89. The van der Waals surface area contributed by atoms with Crippen molar-refractivity contribution in [2.75, 3.05) is 33.0 Å². The lowest BCUT2D eigenvalue weighted by Crippen LogP contribution is -2.06. The molecule has 0 spiro atoms. The number of rotatable bonds is 12. The Kier molecular flexibility index (Phi) is 29.5. The maximum Gasteiger partial charge on any atom is 0.338 e. The lowest BCUT2D eigenvalue weighted by atomic mass is 10.1. The molecule has 43 heavy (non-hydrogen) atoms. The molecule has 10 nitrogen and oxygen atoms in total. The summed E-state index contributed by atoms with van der Waals surface area (Å²) >= 11 is 0. The van der Waals surface area contributed by atoms with Crippen molar-refractivity contribution in [3.05, 3.63) is 108 Å². The first-order chi connectivity index (χ1) is 20.8. The molecular weight excluding hydrogens is 556 g/mol. The standard InChI is InChI=1S/C15H22O2.2C7H6O2.2C2H6O2/c1-2-3-4-5-6-10-13-17-15(16)14-11-8-7-9-12-14;2*8-7(9)6-4-2-1-3-5-6;2*3-1-2-4/h7-9,11-12H,2-6,10,13H2,1H3;2*1-5H,(H,8,9);2*3-4H,1-2H2. The maximum absolute atomic E-state index is 11.6. The smallest absolute Gasteiger partial charge is 0.338 e. The largest absolute Gasteiger partial charge is 0.478 e. The molecule has 0 saturated heterocycles. The summed E-state index contributed by atoms with van der Waals surface area (Å²) in [7, 11) is 0. The van der Waals surface area contributed by atoms with Crippen LogP contribution in [0.5, 0.6) is 0 Å². The summed E-state index contributed by atoms with van der Waals surface area (Å²) in [5.41, 5.74) is 1.30. The molecule has 0 unspecified atom stereocenters. The maximum atomic E-state index is 11.6. The number of esters is 1. The highest BCUT2D eigenvalue weighted by Crippen LogP contribution is 2.06. The number of aromatic carboxylic acids is 2. The molecule has 0 aliphatic heterocycles. The van der Waals surface area contributed by atoms with Crippen molar-refractivity contribution in [1.82, 2.24) is 0 Å². The van der Waals surface area contributed by atoms with Crippen LogP contribution in [0.2, 0.25) is 0 Å². The van der Waals surface area contributed by atoms with Crippen molar-refractivity contribution < 1.29 is 49.8 Å². The van der Waals surface area contributed by atoms with Gasteiger partial charge in [-0.15, -0.1) is 0 Å². The van der Waals surface area contributed by atoms with E-state index in [2.05, 4.69) is 6.92 Å². The minimum Gasteiger partial charge on any atom is -0.478 e. The molecule has 0 aliphatic rings. The van der Waals surface area contributed by atoms with Gasteiger partial charge in [0.2, 0.25) is 0 Å². The zero-order valence-electron chi connectivity index (χ0n) is 24.8. The van der Waals surface area contributed by atoms with Crippen molar-refractivity contribution in [2.45, 2.75) is 45.4 Å². The summed E-state index contributed by atoms with van der Waals surface area (Å²) in [6, 6.07) is 25.7. The number of hydrogen-bond acceptors (Lipinski definition) is 8. The van der Waals surface area contributed by atoms with E-state index < -0.39 is 11.9 Å². The monoisotopic (exact) mass is 602 g/mol. The average Bonchev–Trinajstić information content (AvgIpc) is 3.06. The van der Waals surface area contributed by atoms with Crippen LogP contribution in [0.3, 0.4) is 0 Å². The van der Waals surface area contributed by atoms with Crippen LogP contribution >= 0.6 is 0 Å². The van der Waals surface area contributed by atoms with E-state index in [1.54, 1.807) is 72.8 Å². The van der Waals surface area contributed by atoms with Crippen LogP contribution in [-0.4, -0.2) is 81.6 Å². The van der Waals surface area contributed by atoms with Gasteiger partial charge >= 0.3 is 17.9 Å². The minimum absolute atomic E-state index is 0.125. The fourth-order valence-electron chi connectivity index (χ4n) is 2.87. The molecule has 0 heterocycles. The SMILES string of the molecule is CCCCCCCCOC(=O)c1ccccc1.O=C(O)c1ccccc1.O=C(O)c1ccccc1.OCCO.OCCO. The third kappa shape index (κ3) is 26.6. The second kappa shape index (κ2) is 30.9. The van der Waals surface area contributed by atoms with Crippen molar-refractivity contribution in [3.63, 3.8) is 0 Å². The summed E-state index contributed by atoms with van der Waals surface area (Å²) in [6.45, 7) is 2.25. The number of hydrogen-bond donors (Lipinski definition) is 6. The Bertz CT molecular complexity index is 988. The molecule has 238 valence electrons. The van der Waals surface area contributed by atoms with Crippen LogP contribution in [0.1, 0.15) is 76.5 Å². The van der Waals surface area contributed by atoms with Crippen molar-refractivity contribution in [1.29, 1.82) is 0 Å². The van der Waals surface area contributed by atoms with Gasteiger partial charge in [-0.1, -0.05) is 93.6 Å². The molecular formula is C33H46O10. The lowest BCUT2D eigenvalue weighted by molar-refractivity contribution is 0.0496. The highest BCUT2D eigenvalue weighted by Gasteiger charge is 2.04. The van der Waals surface area contributed by atoms with E-state index in [1.807, 2.05) is 18.2 Å². The van der Waals surface area contributed by atoms with E-state index in [0.29, 0.717) is 23.3 Å². The van der Waals surface area contributed by atoms with Crippen molar-refractivity contribution in [2.24, 2.45) is 0 Å². The first-order valence-corrected chi connectivity index (χ1v) is 14.0. The van der Waals surface area contributed by atoms with Gasteiger partial charge in [0.25, 0.3) is 0 Å². The minimum atomic E-state index is -0.879. The zero-order valence-corrected chi connectivity index (χ0v) is 24.8. The fourth-order valence-corrected chi connectivity index (χ4v) is 2.87. The molecule has 3 aromatic rings. The summed E-state index contributed by atoms with van der Waals surface area (Å²) in [5.74, 6) is -1.97. The summed E-state index contributed by atoms with van der Waals surface area (Å²) in [6.07, 6.45) is 7.25. The quantitative estimate of drug-likeness (QED) is 0.123. The Labute approximate surface area is 253 Å². The van der Waals surface area contributed by atoms with E-state index in [4.69, 9.17) is 35.4 Å². The van der Waals surface area contributed by atoms with Crippen LogP contribution in [-0.2, 0) is 4.74 Å². The molecule has 0 saturated carbocycles. The van der Waals surface area contributed by atoms with Gasteiger partial charge in [0.15, 0.2) is 0 Å². The van der Waals surface area contributed by atoms with Gasteiger partial charge in [0.05, 0.1) is 49.7 Å². The second-order valence-electron chi connectivity index (χ2n) is 8.51. The van der Waals surface area contributed by atoms with E-state index in [9.17, 15) is 14.4 Å². The molecule has 0 bridgehead atoms. The summed E-state index contributed by atoms with van der Waals surface area (Å²) < 4.78 is 5.20. The molecule has 3 aromatic carbocycles. The molecule has 3 rings (SSSR count). The van der Waals surface area contributed by atoms with Gasteiger partial charge in [0.1, 0.15) is 0 Å². The van der Waals surface area contributed by atoms with Crippen LogP contribution < -0.4 is 0 Å². The van der Waals surface area contributed by atoms with E-state index in [-0.39, 0.29) is 32.4 Å². The van der Waals surface area contributed by atoms with Crippen LogP contribution in [0.4, 0.5) is 0 Å². The third-order valence-electron chi connectivity index (χ3n) is 4.98. The number of aliphatic hydroxyl groups excluding tert-OH is 4. The first kappa shape index (κ1) is 41.0. The van der Waals surface area contributed by atoms with Crippen molar-refractivity contribution in [3.8, 4) is 0 Å². The Morgan fingerprint density at radius 3 is 1.14 bits per heavy atom. The average molecular weight is 603 g/mol. The number of carboxylic acid groups (broad SMARTS) is 2.